The first-order chi connectivity index (χ1) is 14.7. The molecule has 2 heterocycles. The lowest BCUT2D eigenvalue weighted by atomic mass is 9.99. The van der Waals surface area contributed by atoms with Gasteiger partial charge in [0, 0.05) is 44.8 Å². The van der Waals surface area contributed by atoms with Gasteiger partial charge in [-0.05, 0) is 42.7 Å². The molecule has 1 atom stereocenters. The Morgan fingerprint density at radius 3 is 2.23 bits per heavy atom. The van der Waals surface area contributed by atoms with E-state index in [1.807, 2.05) is 47.4 Å². The SMILES string of the molecule is COc1ccc(N2CCN(C(=O)C(c3ccccc3)N3CCCCC3=O)CC2)cc1. The monoisotopic (exact) mass is 407 g/mol. The van der Waals surface area contributed by atoms with Crippen LogP contribution in [0.3, 0.4) is 0 Å². The van der Waals surface area contributed by atoms with Crippen LogP contribution in [0.1, 0.15) is 30.9 Å². The van der Waals surface area contributed by atoms with E-state index in [2.05, 4.69) is 17.0 Å². The van der Waals surface area contributed by atoms with E-state index in [-0.39, 0.29) is 11.8 Å². The first kappa shape index (κ1) is 20.3. The van der Waals surface area contributed by atoms with Crippen LogP contribution in [0.4, 0.5) is 5.69 Å². The van der Waals surface area contributed by atoms with Crippen molar-refractivity contribution in [1.29, 1.82) is 0 Å². The van der Waals surface area contributed by atoms with E-state index in [0.29, 0.717) is 26.1 Å². The fourth-order valence-electron chi connectivity index (χ4n) is 4.34. The molecule has 1 unspecified atom stereocenters. The zero-order valence-corrected chi connectivity index (χ0v) is 17.5. The van der Waals surface area contributed by atoms with Gasteiger partial charge in [-0.15, -0.1) is 0 Å². The molecule has 30 heavy (non-hydrogen) atoms. The number of piperazine rings is 1. The van der Waals surface area contributed by atoms with Crippen LogP contribution in [-0.4, -0.2) is 61.4 Å². The minimum absolute atomic E-state index is 0.0332. The third-order valence-corrected chi connectivity index (χ3v) is 6.05. The van der Waals surface area contributed by atoms with Crippen LogP contribution in [0.15, 0.2) is 54.6 Å². The van der Waals surface area contributed by atoms with Crippen molar-refractivity contribution in [3.05, 3.63) is 60.2 Å². The van der Waals surface area contributed by atoms with Crippen LogP contribution >= 0.6 is 0 Å². The number of carbonyl (C=O) groups is 2. The summed E-state index contributed by atoms with van der Waals surface area (Å²) in [6, 6.07) is 17.2. The van der Waals surface area contributed by atoms with E-state index < -0.39 is 6.04 Å². The van der Waals surface area contributed by atoms with E-state index in [1.54, 1.807) is 12.0 Å². The van der Waals surface area contributed by atoms with E-state index in [0.717, 1.165) is 42.9 Å². The summed E-state index contributed by atoms with van der Waals surface area (Å²) in [5, 5.41) is 0. The molecule has 0 aromatic heterocycles. The van der Waals surface area contributed by atoms with Crippen LogP contribution in [0.5, 0.6) is 5.75 Å². The van der Waals surface area contributed by atoms with Gasteiger partial charge in [0.05, 0.1) is 7.11 Å². The predicted octanol–water partition coefficient (Wildman–Crippen LogP) is 3.10. The molecule has 6 nitrogen and oxygen atoms in total. The van der Waals surface area contributed by atoms with Crippen LogP contribution in [0, 0.1) is 0 Å². The molecular weight excluding hydrogens is 378 g/mol. The molecule has 0 N–H and O–H groups in total. The van der Waals surface area contributed by atoms with Crippen molar-refractivity contribution in [2.45, 2.75) is 25.3 Å². The Morgan fingerprint density at radius 1 is 0.900 bits per heavy atom. The molecule has 0 radical (unpaired) electrons. The Hall–Kier alpha value is -3.02. The molecule has 2 aromatic rings. The van der Waals surface area contributed by atoms with Crippen LogP contribution in [-0.2, 0) is 9.59 Å². The van der Waals surface area contributed by atoms with Crippen molar-refractivity contribution < 1.29 is 14.3 Å². The summed E-state index contributed by atoms with van der Waals surface area (Å²) in [7, 11) is 1.66. The lowest BCUT2D eigenvalue weighted by molar-refractivity contribution is -0.148. The largest absolute Gasteiger partial charge is 0.497 e. The molecule has 2 aromatic carbocycles. The summed E-state index contributed by atoms with van der Waals surface area (Å²) in [4.78, 5) is 32.2. The van der Waals surface area contributed by atoms with Gasteiger partial charge < -0.3 is 19.4 Å². The van der Waals surface area contributed by atoms with Crippen molar-refractivity contribution in [2.75, 3.05) is 44.7 Å². The number of carbonyl (C=O) groups excluding carboxylic acids is 2. The summed E-state index contributed by atoms with van der Waals surface area (Å²) in [5.41, 5.74) is 2.03. The highest BCUT2D eigenvalue weighted by molar-refractivity contribution is 5.89. The molecule has 0 saturated carbocycles. The first-order valence-corrected chi connectivity index (χ1v) is 10.7. The molecule has 2 aliphatic rings. The lowest BCUT2D eigenvalue weighted by Gasteiger charge is -2.41. The fraction of sp³-hybridized carbons (Fsp3) is 0.417. The van der Waals surface area contributed by atoms with Crippen molar-refractivity contribution in [2.24, 2.45) is 0 Å². The maximum Gasteiger partial charge on any atom is 0.250 e. The average Bonchev–Trinajstić information content (AvgIpc) is 2.81. The quantitative estimate of drug-likeness (QED) is 0.764. The average molecular weight is 408 g/mol. The predicted molar refractivity (Wildman–Crippen MR) is 117 cm³/mol. The second-order valence-electron chi connectivity index (χ2n) is 7.87. The topological polar surface area (TPSA) is 53.1 Å². The molecular formula is C24H29N3O3. The van der Waals surface area contributed by atoms with Crippen molar-refractivity contribution >= 4 is 17.5 Å². The van der Waals surface area contributed by atoms with Gasteiger partial charge in [-0.2, -0.15) is 0 Å². The third kappa shape index (κ3) is 4.27. The van der Waals surface area contributed by atoms with E-state index >= 15 is 0 Å². The third-order valence-electron chi connectivity index (χ3n) is 6.05. The Balaban J connectivity index is 1.47. The molecule has 2 fully saturated rings. The van der Waals surface area contributed by atoms with Crippen molar-refractivity contribution in [1.82, 2.24) is 9.80 Å². The minimum Gasteiger partial charge on any atom is -0.497 e. The highest BCUT2D eigenvalue weighted by Crippen LogP contribution is 2.28. The highest BCUT2D eigenvalue weighted by Gasteiger charge is 2.36. The second-order valence-corrected chi connectivity index (χ2v) is 7.87. The Bertz CT molecular complexity index is 861. The van der Waals surface area contributed by atoms with Gasteiger partial charge in [0.25, 0.3) is 0 Å². The summed E-state index contributed by atoms with van der Waals surface area (Å²) < 4.78 is 5.24. The number of likely N-dealkylation sites (tertiary alicyclic amines) is 1. The number of benzene rings is 2. The molecule has 0 bridgehead atoms. The number of rotatable bonds is 5. The van der Waals surface area contributed by atoms with Crippen LogP contribution in [0.2, 0.25) is 0 Å². The molecule has 4 rings (SSSR count). The summed E-state index contributed by atoms with van der Waals surface area (Å²) >= 11 is 0. The van der Waals surface area contributed by atoms with Gasteiger partial charge in [-0.3, -0.25) is 9.59 Å². The number of ether oxygens (including phenoxy) is 1. The maximum atomic E-state index is 13.6. The summed E-state index contributed by atoms with van der Waals surface area (Å²) in [5.74, 6) is 0.954. The van der Waals surface area contributed by atoms with Gasteiger partial charge in [0.15, 0.2) is 0 Å². The molecule has 2 amide bonds. The van der Waals surface area contributed by atoms with Gasteiger partial charge in [0.1, 0.15) is 11.8 Å². The highest BCUT2D eigenvalue weighted by atomic mass is 16.5. The zero-order valence-electron chi connectivity index (χ0n) is 17.5. The number of hydrogen-bond acceptors (Lipinski definition) is 4. The second kappa shape index (κ2) is 9.20. The fourth-order valence-corrected chi connectivity index (χ4v) is 4.34. The standard InChI is InChI=1S/C24H29N3O3/c1-30-21-12-10-20(11-13-21)25-15-17-26(18-16-25)24(29)23(19-7-3-2-4-8-19)27-14-6-5-9-22(27)28/h2-4,7-8,10-13,23H,5-6,9,14-18H2,1H3. The maximum absolute atomic E-state index is 13.6. The zero-order chi connectivity index (χ0) is 20.9. The van der Waals surface area contributed by atoms with Gasteiger partial charge in [-0.1, -0.05) is 30.3 Å². The normalized spacial score (nSPS) is 18.3. The van der Waals surface area contributed by atoms with E-state index in [1.165, 1.54) is 0 Å². The van der Waals surface area contributed by atoms with Gasteiger partial charge in [0.2, 0.25) is 11.8 Å². The molecule has 2 saturated heterocycles. The van der Waals surface area contributed by atoms with E-state index in [9.17, 15) is 9.59 Å². The van der Waals surface area contributed by atoms with Crippen molar-refractivity contribution in [3.8, 4) is 5.75 Å². The molecule has 158 valence electrons. The Labute approximate surface area is 178 Å². The minimum atomic E-state index is -0.522. The Morgan fingerprint density at radius 2 is 1.60 bits per heavy atom. The van der Waals surface area contributed by atoms with Gasteiger partial charge >= 0.3 is 0 Å². The Kier molecular flexibility index (Phi) is 6.21. The number of nitrogens with zero attached hydrogens (tertiary/aromatic N) is 3. The number of piperidine rings is 1. The molecule has 0 spiro atoms. The van der Waals surface area contributed by atoms with Gasteiger partial charge in [-0.25, -0.2) is 0 Å². The number of methoxy groups -OCH3 is 1. The number of hydrogen-bond donors (Lipinski definition) is 0. The summed E-state index contributed by atoms with van der Waals surface area (Å²) in [6.45, 7) is 3.49. The first-order valence-electron chi connectivity index (χ1n) is 10.7. The lowest BCUT2D eigenvalue weighted by Crippen LogP contribution is -2.53. The number of amides is 2. The molecule has 0 aliphatic carbocycles. The molecule has 6 heteroatoms. The smallest absolute Gasteiger partial charge is 0.250 e. The van der Waals surface area contributed by atoms with E-state index in [4.69, 9.17) is 4.74 Å². The van der Waals surface area contributed by atoms with Crippen molar-refractivity contribution in [3.63, 3.8) is 0 Å². The molecule has 2 aliphatic heterocycles. The van der Waals surface area contributed by atoms with Crippen LogP contribution < -0.4 is 9.64 Å². The van der Waals surface area contributed by atoms with Crippen LogP contribution in [0.25, 0.3) is 0 Å². The summed E-state index contributed by atoms with van der Waals surface area (Å²) in [6.07, 6.45) is 2.39. The number of anilines is 1.